The fourth-order valence-electron chi connectivity index (χ4n) is 3.14. The Labute approximate surface area is 182 Å². The Morgan fingerprint density at radius 2 is 1.74 bits per heavy atom. The lowest BCUT2D eigenvalue weighted by Crippen LogP contribution is -2.34. The Kier molecular flexibility index (Phi) is 7.77. The quantitative estimate of drug-likeness (QED) is 0.610. The highest BCUT2D eigenvalue weighted by Crippen LogP contribution is 2.16. The van der Waals surface area contributed by atoms with Gasteiger partial charge in [-0.3, -0.25) is 19.3 Å². The first-order valence-corrected chi connectivity index (χ1v) is 11.7. The maximum Gasteiger partial charge on any atom is 0.262 e. The number of hydrogen-bond donors (Lipinski definition) is 3. The minimum Gasteiger partial charge on any atom is -0.347 e. The van der Waals surface area contributed by atoms with Gasteiger partial charge in [0.2, 0.25) is 11.8 Å². The number of amidine groups is 1. The first kappa shape index (κ1) is 22.5. The fourth-order valence-corrected chi connectivity index (χ4v) is 4.27. The summed E-state index contributed by atoms with van der Waals surface area (Å²) in [6.07, 6.45) is 3.65. The number of nitrogens with one attached hydrogen (secondary N) is 3. The van der Waals surface area contributed by atoms with Crippen molar-refractivity contribution in [2.75, 3.05) is 18.4 Å². The lowest BCUT2D eigenvalue weighted by Gasteiger charge is -2.11. The summed E-state index contributed by atoms with van der Waals surface area (Å²) in [6.45, 7) is 0.404. The summed E-state index contributed by atoms with van der Waals surface area (Å²) in [7, 11) is -3.80. The molecular formula is C22H26N4O4S. The van der Waals surface area contributed by atoms with Gasteiger partial charge in [0.15, 0.2) is 0 Å². The lowest BCUT2D eigenvalue weighted by atomic mass is 10.1. The zero-order valence-corrected chi connectivity index (χ0v) is 18.0. The number of sulfonamides is 1. The summed E-state index contributed by atoms with van der Waals surface area (Å²) in [5.74, 6) is -0.254. The van der Waals surface area contributed by atoms with E-state index in [1.54, 1.807) is 12.1 Å². The monoisotopic (exact) mass is 442 g/mol. The van der Waals surface area contributed by atoms with Crippen molar-refractivity contribution in [2.24, 2.45) is 4.99 Å². The van der Waals surface area contributed by atoms with Crippen LogP contribution in [0.1, 0.15) is 31.2 Å². The molecule has 1 aliphatic rings. The molecule has 0 saturated heterocycles. The van der Waals surface area contributed by atoms with Crippen LogP contribution >= 0.6 is 0 Å². The second-order valence-electron chi connectivity index (χ2n) is 7.26. The molecule has 1 heterocycles. The number of nitrogens with zero attached hydrogens (tertiary/aromatic N) is 1. The summed E-state index contributed by atoms with van der Waals surface area (Å²) in [6, 6.07) is 15.2. The summed E-state index contributed by atoms with van der Waals surface area (Å²) in [4.78, 5) is 28.5. The van der Waals surface area contributed by atoms with Crippen LogP contribution in [-0.4, -0.2) is 39.2 Å². The molecule has 0 saturated carbocycles. The van der Waals surface area contributed by atoms with E-state index in [9.17, 15) is 18.0 Å². The highest BCUT2D eigenvalue weighted by molar-refractivity contribution is 7.90. The molecule has 9 heteroatoms. The van der Waals surface area contributed by atoms with Crippen LogP contribution < -0.4 is 15.4 Å². The van der Waals surface area contributed by atoms with Gasteiger partial charge in [-0.25, -0.2) is 8.42 Å². The van der Waals surface area contributed by atoms with E-state index >= 15 is 0 Å². The van der Waals surface area contributed by atoms with Crippen molar-refractivity contribution in [1.82, 2.24) is 10.0 Å². The molecule has 8 nitrogen and oxygen atoms in total. The second kappa shape index (κ2) is 10.7. The maximum atomic E-state index is 12.7. The summed E-state index contributed by atoms with van der Waals surface area (Å²) < 4.78 is 27.9. The summed E-state index contributed by atoms with van der Waals surface area (Å²) >= 11 is 0. The predicted octanol–water partition coefficient (Wildman–Crippen LogP) is 2.23. The van der Waals surface area contributed by atoms with Gasteiger partial charge in [0.25, 0.3) is 10.0 Å². The van der Waals surface area contributed by atoms with Crippen LogP contribution in [0.4, 0.5) is 5.69 Å². The van der Waals surface area contributed by atoms with Gasteiger partial charge in [-0.05, 0) is 36.6 Å². The zero-order valence-electron chi connectivity index (χ0n) is 17.1. The van der Waals surface area contributed by atoms with Crippen molar-refractivity contribution >= 4 is 33.4 Å². The van der Waals surface area contributed by atoms with Crippen molar-refractivity contribution < 1.29 is 18.0 Å². The minimum absolute atomic E-state index is 0.0327. The number of carbonyl (C=O) groups is 2. The van der Waals surface area contributed by atoms with Gasteiger partial charge in [0.1, 0.15) is 5.84 Å². The number of hydrogen-bond acceptors (Lipinski definition) is 5. The molecule has 2 amide bonds. The fraction of sp³-hybridized carbons (Fsp3) is 0.318. The van der Waals surface area contributed by atoms with Crippen molar-refractivity contribution in [3.05, 3.63) is 60.2 Å². The van der Waals surface area contributed by atoms with Gasteiger partial charge in [0, 0.05) is 18.7 Å². The molecule has 0 spiro atoms. The van der Waals surface area contributed by atoms with E-state index in [-0.39, 0.29) is 23.8 Å². The van der Waals surface area contributed by atoms with E-state index in [0.29, 0.717) is 24.5 Å². The van der Waals surface area contributed by atoms with Crippen molar-refractivity contribution in [1.29, 1.82) is 0 Å². The van der Waals surface area contributed by atoms with Crippen LogP contribution in [0.3, 0.4) is 0 Å². The van der Waals surface area contributed by atoms with Gasteiger partial charge < -0.3 is 10.6 Å². The topological polar surface area (TPSA) is 117 Å². The van der Waals surface area contributed by atoms with Crippen LogP contribution in [0.5, 0.6) is 0 Å². The summed E-state index contributed by atoms with van der Waals surface area (Å²) in [5, 5.41) is 5.17. The number of aliphatic imine (C=N–C) groups is 1. The van der Waals surface area contributed by atoms with Gasteiger partial charge in [-0.15, -0.1) is 0 Å². The van der Waals surface area contributed by atoms with Gasteiger partial charge in [0.05, 0.1) is 17.9 Å². The normalized spacial score (nSPS) is 14.1. The molecule has 31 heavy (non-hydrogen) atoms. The van der Waals surface area contributed by atoms with E-state index in [4.69, 9.17) is 0 Å². The van der Waals surface area contributed by atoms with Crippen molar-refractivity contribution in [3.8, 4) is 0 Å². The molecule has 3 rings (SSSR count). The first-order valence-electron chi connectivity index (χ1n) is 10.2. The number of amides is 2. The number of carbonyl (C=O) groups excluding carboxylic acids is 2. The highest BCUT2D eigenvalue weighted by Gasteiger charge is 2.18. The third-order valence-corrected chi connectivity index (χ3v) is 6.09. The molecule has 0 atom stereocenters. The first-order chi connectivity index (χ1) is 14.9. The van der Waals surface area contributed by atoms with Crippen LogP contribution in [0, 0.1) is 0 Å². The van der Waals surface area contributed by atoms with E-state index in [0.717, 1.165) is 24.8 Å². The van der Waals surface area contributed by atoms with Gasteiger partial charge in [-0.1, -0.05) is 42.8 Å². The highest BCUT2D eigenvalue weighted by atomic mass is 32.2. The van der Waals surface area contributed by atoms with Gasteiger partial charge in [-0.2, -0.15) is 0 Å². The third-order valence-electron chi connectivity index (χ3n) is 4.71. The molecule has 0 aliphatic carbocycles. The number of rotatable bonds is 7. The minimum atomic E-state index is -3.80. The molecule has 0 radical (unpaired) electrons. The average molecular weight is 443 g/mol. The van der Waals surface area contributed by atoms with Crippen LogP contribution in [0.25, 0.3) is 0 Å². The molecule has 0 bridgehead atoms. The van der Waals surface area contributed by atoms with E-state index < -0.39 is 15.9 Å². The van der Waals surface area contributed by atoms with Crippen LogP contribution in [0.15, 0.2) is 64.5 Å². The lowest BCUT2D eigenvalue weighted by molar-refractivity contribution is -0.123. The van der Waals surface area contributed by atoms with Crippen molar-refractivity contribution in [2.45, 2.75) is 37.0 Å². The molecule has 1 aliphatic heterocycles. The molecule has 0 fully saturated rings. The van der Waals surface area contributed by atoms with E-state index in [1.807, 2.05) is 30.3 Å². The average Bonchev–Trinajstić information content (AvgIpc) is 3.01. The Balaban J connectivity index is 1.55. The smallest absolute Gasteiger partial charge is 0.262 e. The van der Waals surface area contributed by atoms with E-state index in [2.05, 4.69) is 20.3 Å². The molecule has 164 valence electrons. The Morgan fingerprint density at radius 1 is 0.935 bits per heavy atom. The number of benzene rings is 2. The van der Waals surface area contributed by atoms with E-state index in [1.165, 1.54) is 12.1 Å². The third kappa shape index (κ3) is 7.21. The summed E-state index contributed by atoms with van der Waals surface area (Å²) in [5.41, 5.74) is 1.18. The Morgan fingerprint density at radius 3 is 2.55 bits per heavy atom. The predicted molar refractivity (Wildman–Crippen MR) is 119 cm³/mol. The Hall–Kier alpha value is -3.20. The molecule has 0 unspecified atom stereocenters. The molecule has 0 aromatic heterocycles. The standard InChI is InChI=1S/C22H26N4O4S/c27-21(14-17-8-3-1-4-9-17)24-16-22(28)25-18-10-7-11-19(15-18)31(29,30)26-20-12-5-2-6-13-23-20/h1,3-4,7-11,15H,2,5-6,12-14,16H2,(H,23,26)(H,24,27)(H,25,28). The molecule has 2 aromatic rings. The van der Waals surface area contributed by atoms with Crippen LogP contribution in [-0.2, 0) is 26.0 Å². The number of anilines is 1. The second-order valence-corrected chi connectivity index (χ2v) is 8.94. The van der Waals surface area contributed by atoms with Gasteiger partial charge >= 0.3 is 0 Å². The molecular weight excluding hydrogens is 416 g/mol. The zero-order chi connectivity index (χ0) is 22.1. The largest absolute Gasteiger partial charge is 0.347 e. The van der Waals surface area contributed by atoms with Crippen LogP contribution in [0.2, 0.25) is 0 Å². The SMILES string of the molecule is O=C(Cc1ccccc1)NCC(=O)Nc1cccc(S(=O)(=O)NC2=NCCCCC2)c1. The van der Waals surface area contributed by atoms with Crippen molar-refractivity contribution in [3.63, 3.8) is 0 Å². The Bertz CT molecular complexity index is 1050. The molecule has 3 N–H and O–H groups in total. The molecule has 2 aromatic carbocycles. The maximum absolute atomic E-state index is 12.7.